The van der Waals surface area contributed by atoms with Gasteiger partial charge >= 0.3 is 0 Å². The minimum absolute atomic E-state index is 0.370. The molecule has 6 nitrogen and oxygen atoms in total. The average Bonchev–Trinajstić information content (AvgIpc) is 3.66. The normalized spacial score (nSPS) is 29.3. The van der Waals surface area contributed by atoms with Gasteiger partial charge in [0.1, 0.15) is 0 Å². The standard InChI is InChI=1S/C29H37N3O3/c33-28-25-19-9-10-20(15-19)26(25)29(34)32(28)17-22-6-2-1-5-21(22)16-31-13-11-18(12-14-31)27-23-7-3-4-8-24(23)35-30-27/h3-4,7-8,18-22,33-34H,1-2,5-6,9-17H2/t19?,20?,21-,22-/m0/s1. The van der Waals surface area contributed by atoms with Gasteiger partial charge in [-0.3, -0.25) is 4.57 Å². The quantitative estimate of drug-likeness (QED) is 0.467. The van der Waals surface area contributed by atoms with Gasteiger partial charge in [-0.05, 0) is 93.8 Å². The zero-order valence-corrected chi connectivity index (χ0v) is 20.5. The highest BCUT2D eigenvalue weighted by Crippen LogP contribution is 2.60. The Kier molecular flexibility index (Phi) is 5.34. The van der Waals surface area contributed by atoms with Gasteiger partial charge in [-0.25, -0.2) is 0 Å². The fourth-order valence-corrected chi connectivity index (χ4v) is 8.04. The number of likely N-dealkylation sites (tertiary alicyclic amines) is 1. The van der Waals surface area contributed by atoms with E-state index in [1.807, 2.05) is 16.7 Å². The summed E-state index contributed by atoms with van der Waals surface area (Å²) < 4.78 is 7.45. The third kappa shape index (κ3) is 3.59. The maximum absolute atomic E-state index is 11.1. The Balaban J connectivity index is 1.02. The van der Waals surface area contributed by atoms with E-state index in [-0.39, 0.29) is 0 Å². The summed E-state index contributed by atoms with van der Waals surface area (Å²) in [7, 11) is 0. The highest BCUT2D eigenvalue weighted by atomic mass is 16.5. The molecule has 3 aliphatic carbocycles. The van der Waals surface area contributed by atoms with Gasteiger partial charge in [-0.2, -0.15) is 0 Å². The summed E-state index contributed by atoms with van der Waals surface area (Å²) >= 11 is 0. The van der Waals surface area contributed by atoms with E-state index in [0.29, 0.717) is 41.3 Å². The molecule has 2 unspecified atom stereocenters. The van der Waals surface area contributed by atoms with Crippen molar-refractivity contribution in [3.8, 4) is 11.8 Å². The summed E-state index contributed by atoms with van der Waals surface area (Å²) in [5.41, 5.74) is 4.18. The van der Waals surface area contributed by atoms with Crippen LogP contribution in [0.3, 0.4) is 0 Å². The molecular weight excluding hydrogens is 438 g/mol. The summed E-state index contributed by atoms with van der Waals surface area (Å²) in [5.74, 6) is 3.29. The van der Waals surface area contributed by atoms with Gasteiger partial charge in [0.2, 0.25) is 0 Å². The van der Waals surface area contributed by atoms with Crippen LogP contribution < -0.4 is 0 Å². The van der Waals surface area contributed by atoms with Crippen molar-refractivity contribution >= 4 is 11.0 Å². The third-order valence-corrected chi connectivity index (χ3v) is 9.89. The summed E-state index contributed by atoms with van der Waals surface area (Å²) in [6, 6.07) is 8.21. The number of hydrogen-bond donors (Lipinski definition) is 2. The minimum Gasteiger partial charge on any atom is -0.494 e. The van der Waals surface area contributed by atoms with Gasteiger partial charge in [0.25, 0.3) is 0 Å². The lowest BCUT2D eigenvalue weighted by molar-refractivity contribution is 0.116. The predicted molar refractivity (Wildman–Crippen MR) is 135 cm³/mol. The van der Waals surface area contributed by atoms with Crippen molar-refractivity contribution in [2.24, 2.45) is 11.8 Å². The smallest absolute Gasteiger partial charge is 0.197 e. The first-order valence-corrected chi connectivity index (χ1v) is 13.9. The SMILES string of the molecule is Oc1c2c(c(O)n1C[C@@H]1CCCC[C@H]1CN1CCC(c3noc4ccccc34)CC1)C1CCC2C1. The van der Waals surface area contributed by atoms with Gasteiger partial charge in [0.15, 0.2) is 17.3 Å². The van der Waals surface area contributed by atoms with Crippen LogP contribution in [0.15, 0.2) is 28.8 Å². The zero-order valence-electron chi connectivity index (χ0n) is 20.5. The fraction of sp³-hybridized carbons (Fsp3) is 0.621. The molecule has 4 atom stereocenters. The lowest BCUT2D eigenvalue weighted by atomic mass is 9.78. The molecule has 3 heterocycles. The molecule has 2 N–H and O–H groups in total. The number of fused-ring (bicyclic) bond motifs is 6. The predicted octanol–water partition coefficient (Wildman–Crippen LogP) is 6.09. The van der Waals surface area contributed by atoms with Crippen LogP contribution in [0, 0.1) is 11.8 Å². The topological polar surface area (TPSA) is 74.7 Å². The van der Waals surface area contributed by atoms with Crippen molar-refractivity contribution in [2.45, 2.75) is 82.1 Å². The molecule has 3 aromatic rings. The second-order valence-electron chi connectivity index (χ2n) is 11.7. The first-order chi connectivity index (χ1) is 17.2. The third-order valence-electron chi connectivity index (χ3n) is 9.89. The molecule has 1 aromatic carbocycles. The number of nitrogens with zero attached hydrogens (tertiary/aromatic N) is 3. The average molecular weight is 476 g/mol. The summed E-state index contributed by atoms with van der Waals surface area (Å²) in [4.78, 5) is 2.65. The van der Waals surface area contributed by atoms with E-state index in [0.717, 1.165) is 67.8 Å². The van der Waals surface area contributed by atoms with Gasteiger partial charge in [-0.1, -0.05) is 30.1 Å². The van der Waals surface area contributed by atoms with Gasteiger partial charge in [0, 0.05) is 35.5 Å². The van der Waals surface area contributed by atoms with Crippen molar-refractivity contribution in [2.75, 3.05) is 19.6 Å². The maximum atomic E-state index is 11.1. The lowest BCUT2D eigenvalue weighted by Gasteiger charge is -2.38. The van der Waals surface area contributed by atoms with E-state index in [1.54, 1.807) is 0 Å². The van der Waals surface area contributed by atoms with E-state index in [4.69, 9.17) is 4.52 Å². The van der Waals surface area contributed by atoms with E-state index < -0.39 is 0 Å². The molecule has 2 saturated carbocycles. The number of rotatable bonds is 5. The molecule has 4 aliphatic rings. The molecule has 35 heavy (non-hydrogen) atoms. The molecule has 3 fully saturated rings. The van der Waals surface area contributed by atoms with Gasteiger partial charge < -0.3 is 19.6 Å². The van der Waals surface area contributed by atoms with Crippen LogP contribution in [0.4, 0.5) is 0 Å². The number of aromatic hydroxyl groups is 2. The van der Waals surface area contributed by atoms with E-state index >= 15 is 0 Å². The summed E-state index contributed by atoms with van der Waals surface area (Å²) in [6.45, 7) is 4.10. The van der Waals surface area contributed by atoms with Crippen LogP contribution in [0.25, 0.3) is 11.0 Å². The Bertz CT molecular complexity index is 1190. The van der Waals surface area contributed by atoms with Crippen molar-refractivity contribution in [1.82, 2.24) is 14.6 Å². The Morgan fingerprint density at radius 1 is 0.800 bits per heavy atom. The van der Waals surface area contributed by atoms with Crippen LogP contribution in [0.1, 0.15) is 92.4 Å². The number of piperidine rings is 1. The van der Waals surface area contributed by atoms with Gasteiger partial charge in [0.05, 0.1) is 5.69 Å². The Morgan fingerprint density at radius 2 is 1.46 bits per heavy atom. The molecule has 2 bridgehead atoms. The number of hydrogen-bond acceptors (Lipinski definition) is 5. The van der Waals surface area contributed by atoms with Crippen molar-refractivity contribution < 1.29 is 14.7 Å². The van der Waals surface area contributed by atoms with Crippen LogP contribution in [-0.2, 0) is 6.54 Å². The monoisotopic (exact) mass is 475 g/mol. The summed E-state index contributed by atoms with van der Waals surface area (Å²) in [6.07, 6.45) is 10.7. The number of para-hydroxylation sites is 1. The van der Waals surface area contributed by atoms with Crippen molar-refractivity contribution in [3.05, 3.63) is 41.1 Å². The van der Waals surface area contributed by atoms with E-state index in [9.17, 15) is 10.2 Å². The van der Waals surface area contributed by atoms with Crippen molar-refractivity contribution in [1.29, 1.82) is 0 Å². The fourth-order valence-electron chi connectivity index (χ4n) is 8.04. The molecule has 7 rings (SSSR count). The second-order valence-corrected chi connectivity index (χ2v) is 11.7. The maximum Gasteiger partial charge on any atom is 0.197 e. The highest BCUT2D eigenvalue weighted by molar-refractivity contribution is 5.79. The minimum atomic E-state index is 0.370. The molecule has 1 aliphatic heterocycles. The molecule has 1 saturated heterocycles. The van der Waals surface area contributed by atoms with Crippen LogP contribution in [0.5, 0.6) is 11.8 Å². The highest BCUT2D eigenvalue weighted by Gasteiger charge is 2.44. The largest absolute Gasteiger partial charge is 0.494 e. The number of benzene rings is 1. The molecule has 0 spiro atoms. The number of aromatic nitrogens is 2. The molecule has 2 aromatic heterocycles. The van der Waals surface area contributed by atoms with Crippen LogP contribution >= 0.6 is 0 Å². The Labute approximate surface area is 206 Å². The first-order valence-electron chi connectivity index (χ1n) is 13.9. The Hall–Kier alpha value is -2.47. The van der Waals surface area contributed by atoms with E-state index in [2.05, 4.69) is 22.2 Å². The van der Waals surface area contributed by atoms with E-state index in [1.165, 1.54) is 43.9 Å². The molecule has 0 radical (unpaired) electrons. The van der Waals surface area contributed by atoms with Crippen LogP contribution in [0.2, 0.25) is 0 Å². The zero-order chi connectivity index (χ0) is 23.5. The first kappa shape index (κ1) is 21.8. The molecule has 0 amide bonds. The van der Waals surface area contributed by atoms with Crippen LogP contribution in [-0.4, -0.2) is 44.5 Å². The Morgan fingerprint density at radius 3 is 2.17 bits per heavy atom. The van der Waals surface area contributed by atoms with Crippen molar-refractivity contribution in [3.63, 3.8) is 0 Å². The second kappa shape index (κ2) is 8.58. The van der Waals surface area contributed by atoms with Gasteiger partial charge in [-0.15, -0.1) is 0 Å². The molecule has 186 valence electrons. The molecular formula is C29H37N3O3. The molecule has 6 heteroatoms. The lowest BCUT2D eigenvalue weighted by Crippen LogP contribution is -2.40. The summed E-state index contributed by atoms with van der Waals surface area (Å²) in [5, 5.41) is 27.7.